The Bertz CT molecular complexity index is 612. The third kappa shape index (κ3) is 4.05. The van der Waals surface area contributed by atoms with Crippen molar-refractivity contribution in [2.75, 3.05) is 11.9 Å². The van der Waals surface area contributed by atoms with Crippen LogP contribution in [0.15, 0.2) is 40.9 Å². The molecule has 0 radical (unpaired) electrons. The van der Waals surface area contributed by atoms with E-state index in [9.17, 15) is 4.79 Å². The van der Waals surface area contributed by atoms with Crippen molar-refractivity contribution in [3.05, 3.63) is 40.9 Å². The highest BCUT2D eigenvalue weighted by Gasteiger charge is 2.05. The van der Waals surface area contributed by atoms with Crippen molar-refractivity contribution < 1.29 is 4.79 Å². The van der Waals surface area contributed by atoms with Gasteiger partial charge in [-0.05, 0) is 48.4 Å². The van der Waals surface area contributed by atoms with E-state index in [0.29, 0.717) is 12.6 Å². The van der Waals surface area contributed by atoms with Crippen LogP contribution < -0.4 is 10.6 Å². The lowest BCUT2D eigenvalue weighted by Gasteiger charge is -2.11. The summed E-state index contributed by atoms with van der Waals surface area (Å²) in [5, 5.41) is 8.35. The Morgan fingerprint density at radius 1 is 1.20 bits per heavy atom. The maximum absolute atomic E-state index is 11.8. The maximum atomic E-state index is 11.8. The van der Waals surface area contributed by atoms with Gasteiger partial charge in [-0.3, -0.25) is 4.79 Å². The van der Waals surface area contributed by atoms with Crippen molar-refractivity contribution >= 4 is 38.3 Å². The molecule has 3 nitrogen and oxygen atoms in total. The molecular formula is C16H19BrN2O. The molecule has 0 spiro atoms. The number of carbonyl (C=O) groups is 1. The largest absolute Gasteiger partial charge is 0.325 e. The van der Waals surface area contributed by atoms with Crippen LogP contribution in [0.2, 0.25) is 0 Å². The lowest BCUT2D eigenvalue weighted by Crippen LogP contribution is -2.33. The van der Waals surface area contributed by atoms with Gasteiger partial charge in [0.2, 0.25) is 5.91 Å². The van der Waals surface area contributed by atoms with Gasteiger partial charge in [-0.25, -0.2) is 0 Å². The van der Waals surface area contributed by atoms with E-state index in [2.05, 4.69) is 46.5 Å². The molecule has 2 aromatic rings. The van der Waals surface area contributed by atoms with Crippen LogP contribution in [0, 0.1) is 0 Å². The van der Waals surface area contributed by atoms with E-state index in [1.807, 2.05) is 30.3 Å². The zero-order valence-electron chi connectivity index (χ0n) is 11.7. The third-order valence-electron chi connectivity index (χ3n) is 3.31. The van der Waals surface area contributed by atoms with Crippen LogP contribution in [-0.4, -0.2) is 18.5 Å². The summed E-state index contributed by atoms with van der Waals surface area (Å²) < 4.78 is 1.06. The topological polar surface area (TPSA) is 41.1 Å². The minimum Gasteiger partial charge on any atom is -0.325 e. The Morgan fingerprint density at radius 3 is 2.65 bits per heavy atom. The summed E-state index contributed by atoms with van der Waals surface area (Å²) in [6.07, 6.45) is 1.01. The van der Waals surface area contributed by atoms with Gasteiger partial charge in [0.15, 0.2) is 0 Å². The van der Waals surface area contributed by atoms with E-state index in [0.717, 1.165) is 27.4 Å². The van der Waals surface area contributed by atoms with Gasteiger partial charge in [0.05, 0.1) is 6.54 Å². The number of amides is 1. The highest BCUT2D eigenvalue weighted by molar-refractivity contribution is 9.10. The molecule has 0 aromatic heterocycles. The quantitative estimate of drug-likeness (QED) is 0.869. The van der Waals surface area contributed by atoms with Crippen molar-refractivity contribution in [2.45, 2.75) is 26.3 Å². The van der Waals surface area contributed by atoms with Crippen LogP contribution >= 0.6 is 15.9 Å². The summed E-state index contributed by atoms with van der Waals surface area (Å²) in [6, 6.07) is 12.4. The van der Waals surface area contributed by atoms with E-state index in [1.54, 1.807) is 0 Å². The molecule has 0 aliphatic carbocycles. The first-order valence-corrected chi connectivity index (χ1v) is 7.60. The number of hydrogen-bond donors (Lipinski definition) is 2. The SMILES string of the molecule is CCC(C)NCC(=O)Nc1ccc2cc(Br)ccc2c1. The van der Waals surface area contributed by atoms with Crippen LogP contribution in [0.25, 0.3) is 10.8 Å². The second kappa shape index (κ2) is 6.86. The first-order chi connectivity index (χ1) is 9.58. The molecule has 1 unspecified atom stereocenters. The molecule has 0 heterocycles. The molecule has 106 valence electrons. The van der Waals surface area contributed by atoms with Gasteiger partial charge in [-0.15, -0.1) is 0 Å². The standard InChI is InChI=1S/C16H19BrN2O/c1-3-11(2)18-10-16(20)19-15-7-5-12-8-14(17)6-4-13(12)9-15/h4-9,11,18H,3,10H2,1-2H3,(H,19,20). The molecule has 4 heteroatoms. The number of hydrogen-bond acceptors (Lipinski definition) is 2. The molecule has 1 amide bonds. The predicted octanol–water partition coefficient (Wildman–Crippen LogP) is 3.93. The van der Waals surface area contributed by atoms with E-state index >= 15 is 0 Å². The normalized spacial score (nSPS) is 12.3. The second-order valence-electron chi connectivity index (χ2n) is 4.94. The molecule has 0 saturated heterocycles. The number of carbonyl (C=O) groups excluding carboxylic acids is 1. The molecule has 1 atom stereocenters. The van der Waals surface area contributed by atoms with Crippen LogP contribution in [0.1, 0.15) is 20.3 Å². The Hall–Kier alpha value is -1.39. The van der Waals surface area contributed by atoms with Gasteiger partial charge in [-0.2, -0.15) is 0 Å². The van der Waals surface area contributed by atoms with Crippen LogP contribution in [0.4, 0.5) is 5.69 Å². The van der Waals surface area contributed by atoms with Crippen LogP contribution in [0.5, 0.6) is 0 Å². The van der Waals surface area contributed by atoms with Gasteiger partial charge in [0.25, 0.3) is 0 Å². The maximum Gasteiger partial charge on any atom is 0.238 e. The fraction of sp³-hybridized carbons (Fsp3) is 0.312. The molecular weight excluding hydrogens is 316 g/mol. The Balaban J connectivity index is 2.02. The van der Waals surface area contributed by atoms with Crippen molar-refractivity contribution in [1.82, 2.24) is 5.32 Å². The summed E-state index contributed by atoms with van der Waals surface area (Å²) in [7, 11) is 0. The number of fused-ring (bicyclic) bond motifs is 1. The molecule has 0 bridgehead atoms. The van der Waals surface area contributed by atoms with E-state index in [1.165, 1.54) is 0 Å². The summed E-state index contributed by atoms with van der Waals surface area (Å²) in [6.45, 7) is 4.51. The zero-order valence-corrected chi connectivity index (χ0v) is 13.3. The van der Waals surface area contributed by atoms with E-state index < -0.39 is 0 Å². The lowest BCUT2D eigenvalue weighted by molar-refractivity contribution is -0.115. The summed E-state index contributed by atoms with van der Waals surface area (Å²) in [5.74, 6) is -0.0123. The predicted molar refractivity (Wildman–Crippen MR) is 88.0 cm³/mol. The van der Waals surface area contributed by atoms with Crippen LogP contribution in [-0.2, 0) is 4.79 Å². The zero-order chi connectivity index (χ0) is 14.5. The van der Waals surface area contributed by atoms with Gasteiger partial charge in [-0.1, -0.05) is 35.0 Å². The van der Waals surface area contributed by atoms with E-state index in [-0.39, 0.29) is 5.91 Å². The molecule has 2 rings (SSSR count). The summed E-state index contributed by atoms with van der Waals surface area (Å²) in [4.78, 5) is 11.8. The minimum atomic E-state index is -0.0123. The number of anilines is 1. The molecule has 2 aromatic carbocycles. The summed E-state index contributed by atoms with van der Waals surface area (Å²) in [5.41, 5.74) is 0.829. The Labute approximate surface area is 127 Å². The molecule has 2 N–H and O–H groups in total. The highest BCUT2D eigenvalue weighted by Crippen LogP contribution is 2.22. The third-order valence-corrected chi connectivity index (χ3v) is 3.80. The van der Waals surface area contributed by atoms with Crippen molar-refractivity contribution in [3.8, 4) is 0 Å². The molecule has 20 heavy (non-hydrogen) atoms. The first kappa shape index (κ1) is 15.0. The average Bonchev–Trinajstić information content (AvgIpc) is 2.45. The Morgan fingerprint density at radius 2 is 1.90 bits per heavy atom. The first-order valence-electron chi connectivity index (χ1n) is 6.81. The second-order valence-corrected chi connectivity index (χ2v) is 5.86. The minimum absolute atomic E-state index is 0.0123. The Kier molecular flexibility index (Phi) is 5.15. The molecule has 0 fully saturated rings. The number of rotatable bonds is 5. The summed E-state index contributed by atoms with van der Waals surface area (Å²) >= 11 is 3.45. The van der Waals surface area contributed by atoms with Crippen molar-refractivity contribution in [3.63, 3.8) is 0 Å². The molecule has 0 saturated carbocycles. The van der Waals surface area contributed by atoms with Gasteiger partial charge in [0.1, 0.15) is 0 Å². The van der Waals surface area contributed by atoms with Gasteiger partial charge in [0, 0.05) is 16.2 Å². The van der Waals surface area contributed by atoms with Gasteiger partial charge >= 0.3 is 0 Å². The van der Waals surface area contributed by atoms with Crippen LogP contribution in [0.3, 0.4) is 0 Å². The fourth-order valence-electron chi connectivity index (χ4n) is 1.91. The lowest BCUT2D eigenvalue weighted by atomic mass is 10.1. The number of benzene rings is 2. The van der Waals surface area contributed by atoms with Crippen molar-refractivity contribution in [1.29, 1.82) is 0 Å². The fourth-order valence-corrected chi connectivity index (χ4v) is 2.29. The smallest absolute Gasteiger partial charge is 0.238 e. The van der Waals surface area contributed by atoms with E-state index in [4.69, 9.17) is 0 Å². The average molecular weight is 335 g/mol. The number of halogens is 1. The number of nitrogens with one attached hydrogen (secondary N) is 2. The highest BCUT2D eigenvalue weighted by atomic mass is 79.9. The van der Waals surface area contributed by atoms with Crippen molar-refractivity contribution in [2.24, 2.45) is 0 Å². The molecule has 0 aliphatic heterocycles. The monoisotopic (exact) mass is 334 g/mol. The van der Waals surface area contributed by atoms with Gasteiger partial charge < -0.3 is 10.6 Å². The molecule has 0 aliphatic rings.